The molecule has 2 aliphatic rings. The summed E-state index contributed by atoms with van der Waals surface area (Å²) in [5, 5.41) is 10.3. The highest BCUT2D eigenvalue weighted by Crippen LogP contribution is 2.39. The number of aryl methyl sites for hydroxylation is 1. The monoisotopic (exact) mass is 352 g/mol. The number of phenolic OH excluding ortho intramolecular Hbond substituents is 1. The lowest BCUT2D eigenvalue weighted by Crippen LogP contribution is -3.12. The molecule has 2 aromatic rings. The van der Waals surface area contributed by atoms with Crippen LogP contribution in [0.2, 0.25) is 0 Å². The molecule has 26 heavy (non-hydrogen) atoms. The third kappa shape index (κ3) is 3.23. The van der Waals surface area contributed by atoms with Gasteiger partial charge in [0, 0.05) is 0 Å². The smallest absolute Gasteiger partial charge is 0.231 e. The van der Waals surface area contributed by atoms with Crippen LogP contribution >= 0.6 is 0 Å². The number of carbonyl (C=O) groups is 1. The van der Waals surface area contributed by atoms with Gasteiger partial charge in [0.25, 0.3) is 0 Å². The van der Waals surface area contributed by atoms with Gasteiger partial charge in [-0.1, -0.05) is 29.8 Å². The third-order valence-electron chi connectivity index (χ3n) is 4.88. The van der Waals surface area contributed by atoms with Crippen LogP contribution in [0.5, 0.6) is 11.5 Å². The first-order valence-electron chi connectivity index (χ1n) is 8.89. The fourth-order valence-electron chi connectivity index (χ4n) is 3.47. The van der Waals surface area contributed by atoms with Gasteiger partial charge >= 0.3 is 0 Å². The molecule has 5 heteroatoms. The molecule has 2 heterocycles. The molecule has 1 fully saturated rings. The number of hydrogen-bond acceptors (Lipinski definition) is 4. The highest BCUT2D eigenvalue weighted by atomic mass is 16.5. The summed E-state index contributed by atoms with van der Waals surface area (Å²) in [6, 6.07) is 11.1. The number of aromatic hydroxyl groups is 1. The average molecular weight is 352 g/mol. The van der Waals surface area contributed by atoms with Crippen LogP contribution < -0.4 is 9.64 Å². The lowest BCUT2D eigenvalue weighted by atomic mass is 10.0. The van der Waals surface area contributed by atoms with Gasteiger partial charge in [-0.2, -0.15) is 0 Å². The lowest BCUT2D eigenvalue weighted by molar-refractivity contribution is -0.921. The number of phenols is 1. The number of Topliss-reactive ketones (excluding diaryl/α,β-unsaturated/α-hetero) is 1. The molecule has 5 nitrogen and oxygen atoms in total. The zero-order valence-electron chi connectivity index (χ0n) is 14.7. The fourth-order valence-corrected chi connectivity index (χ4v) is 3.47. The van der Waals surface area contributed by atoms with Crippen molar-refractivity contribution in [3.05, 3.63) is 64.4 Å². The van der Waals surface area contributed by atoms with E-state index in [4.69, 9.17) is 9.47 Å². The molecule has 0 saturated carbocycles. The van der Waals surface area contributed by atoms with Crippen molar-refractivity contribution in [3.8, 4) is 11.5 Å². The highest BCUT2D eigenvalue weighted by Gasteiger charge is 2.32. The molecule has 2 N–H and O–H groups in total. The zero-order valence-corrected chi connectivity index (χ0v) is 14.7. The van der Waals surface area contributed by atoms with Gasteiger partial charge < -0.3 is 19.5 Å². The Hall–Kier alpha value is -2.63. The molecular formula is C21H22NO4+. The molecular weight excluding hydrogens is 330 g/mol. The SMILES string of the molecule is Cc1cccc(/C=C2\Oc3c(ccc(O)c3C[NH+]3CCOCC3)C2=O)c1. The Balaban J connectivity index is 1.66. The van der Waals surface area contributed by atoms with Crippen LogP contribution in [0.15, 0.2) is 42.2 Å². The van der Waals surface area contributed by atoms with Gasteiger partial charge in [0.05, 0.1) is 24.3 Å². The summed E-state index contributed by atoms with van der Waals surface area (Å²) in [5.41, 5.74) is 3.26. The van der Waals surface area contributed by atoms with Crippen molar-refractivity contribution in [2.24, 2.45) is 0 Å². The molecule has 0 unspecified atom stereocenters. The first-order valence-corrected chi connectivity index (χ1v) is 8.89. The van der Waals surface area contributed by atoms with Crippen LogP contribution in [0.25, 0.3) is 6.08 Å². The van der Waals surface area contributed by atoms with Crippen molar-refractivity contribution in [1.82, 2.24) is 0 Å². The standard InChI is InChI=1S/C21H21NO4/c1-14-3-2-4-15(11-14)12-19-20(24)16-5-6-18(23)17(21(16)26-19)13-22-7-9-25-10-8-22/h2-6,11-12,23H,7-10,13H2,1H3/p+1/b19-12-. The number of hydrogen-bond donors (Lipinski definition) is 2. The summed E-state index contributed by atoms with van der Waals surface area (Å²) >= 11 is 0. The maximum absolute atomic E-state index is 12.7. The normalized spacial score (nSPS) is 18.8. The van der Waals surface area contributed by atoms with Crippen LogP contribution in [0.4, 0.5) is 0 Å². The van der Waals surface area contributed by atoms with Crippen LogP contribution in [-0.4, -0.2) is 37.2 Å². The molecule has 4 rings (SSSR count). The quantitative estimate of drug-likeness (QED) is 0.826. The molecule has 0 aliphatic carbocycles. The average Bonchev–Trinajstić information content (AvgIpc) is 2.95. The minimum Gasteiger partial charge on any atom is -0.507 e. The second kappa shape index (κ2) is 6.94. The van der Waals surface area contributed by atoms with E-state index in [-0.39, 0.29) is 11.5 Å². The van der Waals surface area contributed by atoms with E-state index in [1.54, 1.807) is 18.2 Å². The number of quaternary nitrogens is 1. The van der Waals surface area contributed by atoms with Crippen LogP contribution in [-0.2, 0) is 11.3 Å². The fraction of sp³-hybridized carbons (Fsp3) is 0.286. The van der Waals surface area contributed by atoms with E-state index < -0.39 is 0 Å². The number of rotatable bonds is 3. The summed E-state index contributed by atoms with van der Waals surface area (Å²) in [4.78, 5) is 14.1. The van der Waals surface area contributed by atoms with Gasteiger partial charge in [-0.05, 0) is 30.7 Å². The van der Waals surface area contributed by atoms with Crippen molar-refractivity contribution >= 4 is 11.9 Å². The Bertz CT molecular complexity index is 882. The van der Waals surface area contributed by atoms with Crippen LogP contribution in [0.3, 0.4) is 0 Å². The van der Waals surface area contributed by atoms with Crippen LogP contribution in [0.1, 0.15) is 27.0 Å². The number of carbonyl (C=O) groups excluding carboxylic acids is 1. The molecule has 0 radical (unpaired) electrons. The van der Waals surface area contributed by atoms with Crippen molar-refractivity contribution in [2.75, 3.05) is 26.3 Å². The summed E-state index contributed by atoms with van der Waals surface area (Å²) in [6.45, 7) is 5.80. The van der Waals surface area contributed by atoms with E-state index in [1.807, 2.05) is 31.2 Å². The highest BCUT2D eigenvalue weighted by molar-refractivity contribution is 6.14. The molecule has 0 amide bonds. The maximum atomic E-state index is 12.7. The molecule has 0 bridgehead atoms. The Labute approximate surface area is 152 Å². The van der Waals surface area contributed by atoms with Crippen LogP contribution in [0, 0.1) is 6.92 Å². The topological polar surface area (TPSA) is 60.2 Å². The predicted molar refractivity (Wildman–Crippen MR) is 97.4 cm³/mol. The molecule has 1 saturated heterocycles. The van der Waals surface area contributed by atoms with E-state index in [0.29, 0.717) is 42.4 Å². The largest absolute Gasteiger partial charge is 0.507 e. The number of nitrogens with one attached hydrogen (secondary N) is 1. The zero-order chi connectivity index (χ0) is 18.1. The Morgan fingerprint density at radius 3 is 2.77 bits per heavy atom. The predicted octanol–water partition coefficient (Wildman–Crippen LogP) is 1.73. The summed E-state index contributed by atoms with van der Waals surface area (Å²) in [6.07, 6.45) is 1.76. The third-order valence-corrected chi connectivity index (χ3v) is 4.88. The van der Waals surface area contributed by atoms with Gasteiger partial charge in [0.1, 0.15) is 25.4 Å². The molecule has 2 aliphatic heterocycles. The van der Waals surface area contributed by atoms with Gasteiger partial charge in [-0.15, -0.1) is 0 Å². The van der Waals surface area contributed by atoms with Gasteiger partial charge in [0.15, 0.2) is 11.5 Å². The number of benzene rings is 2. The molecule has 134 valence electrons. The lowest BCUT2D eigenvalue weighted by Gasteiger charge is -2.24. The van der Waals surface area contributed by atoms with E-state index in [0.717, 1.165) is 24.2 Å². The van der Waals surface area contributed by atoms with Crippen molar-refractivity contribution in [1.29, 1.82) is 0 Å². The van der Waals surface area contributed by atoms with Gasteiger partial charge in [0.2, 0.25) is 5.78 Å². The van der Waals surface area contributed by atoms with E-state index in [1.165, 1.54) is 4.90 Å². The number of allylic oxidation sites excluding steroid dienone is 1. The van der Waals surface area contributed by atoms with E-state index in [9.17, 15) is 9.90 Å². The number of ketones is 1. The first kappa shape index (κ1) is 16.8. The Morgan fingerprint density at radius 2 is 2.00 bits per heavy atom. The summed E-state index contributed by atoms with van der Waals surface area (Å²) in [7, 11) is 0. The number of morpholine rings is 1. The Kier molecular flexibility index (Phi) is 4.49. The second-order valence-electron chi connectivity index (χ2n) is 6.83. The summed E-state index contributed by atoms with van der Waals surface area (Å²) in [5.74, 6) is 0.828. The summed E-state index contributed by atoms with van der Waals surface area (Å²) < 4.78 is 11.3. The van der Waals surface area contributed by atoms with Crippen molar-refractivity contribution in [3.63, 3.8) is 0 Å². The maximum Gasteiger partial charge on any atom is 0.231 e. The molecule has 2 aromatic carbocycles. The minimum absolute atomic E-state index is 0.139. The molecule has 0 spiro atoms. The molecule has 0 aromatic heterocycles. The number of ether oxygens (including phenoxy) is 2. The minimum atomic E-state index is -0.139. The van der Waals surface area contributed by atoms with Gasteiger partial charge in [-0.3, -0.25) is 4.79 Å². The van der Waals surface area contributed by atoms with Gasteiger partial charge in [-0.25, -0.2) is 0 Å². The number of fused-ring (bicyclic) bond motifs is 1. The Morgan fingerprint density at radius 1 is 1.19 bits per heavy atom. The first-order chi connectivity index (χ1) is 12.6. The van der Waals surface area contributed by atoms with Crippen molar-refractivity contribution in [2.45, 2.75) is 13.5 Å². The van der Waals surface area contributed by atoms with Crippen molar-refractivity contribution < 1.29 is 24.3 Å². The van der Waals surface area contributed by atoms with E-state index in [2.05, 4.69) is 0 Å². The second-order valence-corrected chi connectivity index (χ2v) is 6.83. The molecule has 0 atom stereocenters. The van der Waals surface area contributed by atoms with E-state index >= 15 is 0 Å².